The molecule has 0 aromatic carbocycles. The van der Waals surface area contributed by atoms with Crippen molar-refractivity contribution in [3.8, 4) is 0 Å². The fourth-order valence-corrected chi connectivity index (χ4v) is 1.83. The summed E-state index contributed by atoms with van der Waals surface area (Å²) in [5, 5.41) is 21.4. The number of hydrogen-bond acceptors (Lipinski definition) is 7. The van der Waals surface area contributed by atoms with Crippen LogP contribution < -0.4 is 11.1 Å². The van der Waals surface area contributed by atoms with Gasteiger partial charge < -0.3 is 30.9 Å². The summed E-state index contributed by atoms with van der Waals surface area (Å²) in [5.74, 6) is 0.904. The molecule has 0 aromatic heterocycles. The van der Waals surface area contributed by atoms with Gasteiger partial charge in [-0.15, -0.1) is 0 Å². The number of guanidine groups is 1. The first-order valence-corrected chi connectivity index (χ1v) is 5.08. The predicted octanol–water partition coefficient (Wildman–Crippen LogP) is -1.90. The number of aliphatic hydroxyl groups excluding tert-OH is 2. The first-order valence-electron chi connectivity index (χ1n) is 5.08. The maximum absolute atomic E-state index is 9.61. The molecular weight excluding hydrogens is 212 g/mol. The van der Waals surface area contributed by atoms with Crippen molar-refractivity contribution in [1.82, 2.24) is 10.2 Å². The average Bonchev–Trinajstić information content (AvgIpc) is 2.59. The van der Waals surface area contributed by atoms with Crippen molar-refractivity contribution in [2.75, 3.05) is 13.3 Å². The number of ether oxygens (including phenoxy) is 1. The molecule has 3 atom stereocenters. The van der Waals surface area contributed by atoms with Gasteiger partial charge in [0.25, 0.3) is 0 Å². The number of aliphatic hydroxyl groups is 2. The van der Waals surface area contributed by atoms with Gasteiger partial charge in [-0.2, -0.15) is 0 Å². The third-order valence-electron chi connectivity index (χ3n) is 2.74. The summed E-state index contributed by atoms with van der Waals surface area (Å²) in [5.41, 5.74) is 5.49. The van der Waals surface area contributed by atoms with Gasteiger partial charge in [0.05, 0.1) is 12.7 Å². The Morgan fingerprint density at radius 2 is 2.44 bits per heavy atom. The molecule has 2 aliphatic heterocycles. The molecule has 2 rings (SSSR count). The molecule has 5 N–H and O–H groups in total. The lowest BCUT2D eigenvalue weighted by atomic mass is 10.2. The van der Waals surface area contributed by atoms with Gasteiger partial charge in [0.1, 0.15) is 24.8 Å². The van der Waals surface area contributed by atoms with Crippen LogP contribution in [-0.2, 0) is 4.74 Å². The molecule has 1 saturated heterocycles. The normalized spacial score (nSPS) is 34.9. The SMILES string of the molecule is C=C1NC(N)=NCN1C1CC(O)C(CO)O1. The second kappa shape index (κ2) is 4.28. The Morgan fingerprint density at radius 1 is 1.69 bits per heavy atom. The fraction of sp³-hybridized carbons (Fsp3) is 0.667. The van der Waals surface area contributed by atoms with Crippen LogP contribution in [0.4, 0.5) is 0 Å². The van der Waals surface area contributed by atoms with Gasteiger partial charge >= 0.3 is 0 Å². The third-order valence-corrected chi connectivity index (χ3v) is 2.74. The molecule has 90 valence electrons. The van der Waals surface area contributed by atoms with Crippen molar-refractivity contribution in [2.45, 2.75) is 24.9 Å². The summed E-state index contributed by atoms with van der Waals surface area (Å²) in [7, 11) is 0. The monoisotopic (exact) mass is 228 g/mol. The van der Waals surface area contributed by atoms with E-state index in [1.54, 1.807) is 4.90 Å². The molecule has 7 nitrogen and oxygen atoms in total. The minimum Gasteiger partial charge on any atom is -0.394 e. The molecule has 0 aromatic rings. The molecule has 1 fully saturated rings. The van der Waals surface area contributed by atoms with Crippen LogP contribution in [0.2, 0.25) is 0 Å². The summed E-state index contributed by atoms with van der Waals surface area (Å²) in [6.45, 7) is 3.94. The van der Waals surface area contributed by atoms with Gasteiger partial charge in [0, 0.05) is 6.42 Å². The zero-order chi connectivity index (χ0) is 11.7. The Labute approximate surface area is 93.2 Å². The molecule has 7 heteroatoms. The van der Waals surface area contributed by atoms with Crippen molar-refractivity contribution in [3.63, 3.8) is 0 Å². The van der Waals surface area contributed by atoms with E-state index in [9.17, 15) is 5.11 Å². The second-order valence-electron chi connectivity index (χ2n) is 3.84. The van der Waals surface area contributed by atoms with E-state index in [-0.39, 0.29) is 12.8 Å². The van der Waals surface area contributed by atoms with Crippen LogP contribution in [0.25, 0.3) is 0 Å². The van der Waals surface area contributed by atoms with Crippen LogP contribution in [0.15, 0.2) is 17.4 Å². The van der Waals surface area contributed by atoms with Crippen LogP contribution >= 0.6 is 0 Å². The minimum atomic E-state index is -0.661. The molecule has 0 spiro atoms. The maximum atomic E-state index is 9.61. The molecule has 0 radical (unpaired) electrons. The highest BCUT2D eigenvalue weighted by Gasteiger charge is 2.37. The van der Waals surface area contributed by atoms with Crippen molar-refractivity contribution < 1.29 is 14.9 Å². The Hall–Kier alpha value is -1.31. The van der Waals surface area contributed by atoms with Gasteiger partial charge in [0.2, 0.25) is 0 Å². The quantitative estimate of drug-likeness (QED) is 0.440. The predicted molar refractivity (Wildman–Crippen MR) is 57.0 cm³/mol. The molecule has 16 heavy (non-hydrogen) atoms. The van der Waals surface area contributed by atoms with E-state index in [4.69, 9.17) is 15.6 Å². The van der Waals surface area contributed by atoms with Gasteiger partial charge in [0.15, 0.2) is 5.96 Å². The first-order chi connectivity index (χ1) is 7.61. The van der Waals surface area contributed by atoms with E-state index in [1.165, 1.54) is 0 Å². The highest BCUT2D eigenvalue weighted by molar-refractivity contribution is 5.80. The molecule has 3 unspecified atom stereocenters. The van der Waals surface area contributed by atoms with E-state index in [0.717, 1.165) is 0 Å². The van der Waals surface area contributed by atoms with Crippen LogP contribution in [0.5, 0.6) is 0 Å². The lowest BCUT2D eigenvalue weighted by Gasteiger charge is -2.33. The number of aliphatic imine (C=N–C) groups is 1. The van der Waals surface area contributed by atoms with E-state index in [0.29, 0.717) is 24.9 Å². The zero-order valence-electron chi connectivity index (χ0n) is 8.83. The average molecular weight is 228 g/mol. The second-order valence-corrected chi connectivity index (χ2v) is 3.84. The number of hydrogen-bond donors (Lipinski definition) is 4. The van der Waals surface area contributed by atoms with Crippen molar-refractivity contribution in [1.29, 1.82) is 0 Å². The molecule has 0 saturated carbocycles. The lowest BCUT2D eigenvalue weighted by Crippen LogP contribution is -2.48. The Morgan fingerprint density at radius 3 is 3.00 bits per heavy atom. The standard InChI is InChI=1S/C9H16N4O3/c1-5-12-9(10)11-4-13(5)8-2-6(15)7(3-14)16-8/h6-8,14-15H,1-4H2,(H3,10,11,12). The van der Waals surface area contributed by atoms with Gasteiger partial charge in [-0.05, 0) is 0 Å². The third kappa shape index (κ3) is 1.97. The minimum absolute atomic E-state index is 0.198. The van der Waals surface area contributed by atoms with Crippen molar-refractivity contribution in [3.05, 3.63) is 12.4 Å². The smallest absolute Gasteiger partial charge is 0.196 e. The molecular formula is C9H16N4O3. The summed E-state index contributed by atoms with van der Waals surface area (Å²) < 4.78 is 5.48. The summed E-state index contributed by atoms with van der Waals surface area (Å²) in [6, 6.07) is 0. The van der Waals surface area contributed by atoms with Gasteiger partial charge in [-0.3, -0.25) is 0 Å². The van der Waals surface area contributed by atoms with E-state index in [2.05, 4.69) is 16.9 Å². The lowest BCUT2D eigenvalue weighted by molar-refractivity contribution is -0.0690. The highest BCUT2D eigenvalue weighted by Crippen LogP contribution is 2.25. The Balaban J connectivity index is 2.02. The maximum Gasteiger partial charge on any atom is 0.196 e. The number of rotatable bonds is 2. The van der Waals surface area contributed by atoms with Crippen molar-refractivity contribution in [2.24, 2.45) is 10.7 Å². The molecule has 2 heterocycles. The van der Waals surface area contributed by atoms with E-state index in [1.807, 2.05) is 0 Å². The fourth-order valence-electron chi connectivity index (χ4n) is 1.83. The number of nitrogens with zero attached hydrogens (tertiary/aromatic N) is 2. The topological polar surface area (TPSA) is 103 Å². The van der Waals surface area contributed by atoms with Crippen LogP contribution in [0.3, 0.4) is 0 Å². The van der Waals surface area contributed by atoms with Crippen LogP contribution in [0, 0.1) is 0 Å². The highest BCUT2D eigenvalue weighted by atomic mass is 16.5. The van der Waals surface area contributed by atoms with E-state index >= 15 is 0 Å². The Kier molecular flexibility index (Phi) is 2.99. The van der Waals surface area contributed by atoms with Gasteiger partial charge in [-0.1, -0.05) is 6.58 Å². The Bertz CT molecular complexity index is 320. The summed E-state index contributed by atoms with van der Waals surface area (Å²) in [6.07, 6.45) is -1.11. The zero-order valence-corrected chi connectivity index (χ0v) is 8.83. The number of nitrogens with two attached hydrogens (primary N) is 1. The largest absolute Gasteiger partial charge is 0.394 e. The molecule has 2 aliphatic rings. The number of nitrogens with one attached hydrogen (secondary N) is 1. The molecule has 0 aliphatic carbocycles. The van der Waals surface area contributed by atoms with Crippen LogP contribution in [-0.4, -0.2) is 52.8 Å². The van der Waals surface area contributed by atoms with Gasteiger partial charge in [-0.25, -0.2) is 4.99 Å². The van der Waals surface area contributed by atoms with Crippen molar-refractivity contribution >= 4 is 5.96 Å². The molecule has 0 amide bonds. The summed E-state index contributed by atoms with van der Waals surface area (Å²) >= 11 is 0. The molecule has 0 bridgehead atoms. The van der Waals surface area contributed by atoms with Crippen LogP contribution in [0.1, 0.15) is 6.42 Å². The first kappa shape index (κ1) is 11.2. The van der Waals surface area contributed by atoms with E-state index < -0.39 is 12.2 Å². The summed E-state index contributed by atoms with van der Waals surface area (Å²) in [4.78, 5) is 5.77.